The number of allylic oxidation sites excluding steroid dienone is 1. The fourth-order valence-electron chi connectivity index (χ4n) is 1.37. The Morgan fingerprint density at radius 3 is 2.75 bits per heavy atom. The summed E-state index contributed by atoms with van der Waals surface area (Å²) in [5.41, 5.74) is 2.28. The van der Waals surface area contributed by atoms with Crippen molar-refractivity contribution in [3.63, 3.8) is 0 Å². The Hall–Kier alpha value is -0.890. The third-order valence-corrected chi connectivity index (χ3v) is 3.48. The Morgan fingerprint density at radius 1 is 1.25 bits per heavy atom. The van der Waals surface area contributed by atoms with Crippen LogP contribution in [-0.2, 0) is 10.8 Å². The lowest BCUT2D eigenvalue weighted by Gasteiger charge is -1.98. The summed E-state index contributed by atoms with van der Waals surface area (Å²) >= 11 is 0. The van der Waals surface area contributed by atoms with E-state index >= 15 is 0 Å². The maximum absolute atomic E-state index is 11.6. The average Bonchev–Trinajstić information content (AvgIpc) is 2.31. The van der Waals surface area contributed by atoms with Gasteiger partial charge in [-0.25, -0.2) is 4.21 Å². The van der Waals surface area contributed by atoms with Crippen molar-refractivity contribution in [3.05, 3.63) is 34.2 Å². The molecule has 0 radical (unpaired) electrons. The Labute approximate surface area is 74.6 Å². The Kier molecular flexibility index (Phi) is 1.65. The summed E-state index contributed by atoms with van der Waals surface area (Å²) in [7, 11) is -0.892. The van der Waals surface area contributed by atoms with Gasteiger partial charge in [0.05, 0.1) is 15.7 Å². The largest absolute Gasteiger partial charge is 0.249 e. The maximum atomic E-state index is 11.6. The molecule has 12 heavy (non-hydrogen) atoms. The molecule has 0 aliphatic carbocycles. The molecular weight excluding hydrogens is 168 g/mol. The van der Waals surface area contributed by atoms with Gasteiger partial charge >= 0.3 is 0 Å². The van der Waals surface area contributed by atoms with Gasteiger partial charge in [0, 0.05) is 4.91 Å². The van der Waals surface area contributed by atoms with Crippen molar-refractivity contribution < 1.29 is 4.21 Å². The highest BCUT2D eigenvalue weighted by Gasteiger charge is 2.16. The molecule has 0 spiro atoms. The number of fused-ring (bicyclic) bond motifs is 1. The second-order valence-electron chi connectivity index (χ2n) is 3.06. The molecule has 0 saturated heterocycles. The number of rotatable bonds is 0. The first kappa shape index (κ1) is 7.74. The van der Waals surface area contributed by atoms with Crippen LogP contribution in [0.25, 0.3) is 6.08 Å². The fraction of sp³-hybridized carbons (Fsp3) is 0.200. The van der Waals surface area contributed by atoms with E-state index in [0.29, 0.717) is 0 Å². The number of hydrogen-bond acceptors (Lipinski definition) is 1. The molecule has 1 heterocycles. The van der Waals surface area contributed by atoms with E-state index in [1.165, 1.54) is 5.56 Å². The molecule has 1 unspecified atom stereocenters. The highest BCUT2D eigenvalue weighted by atomic mass is 32.2. The molecule has 0 aromatic heterocycles. The lowest BCUT2D eigenvalue weighted by atomic mass is 10.1. The molecule has 1 nitrogen and oxygen atoms in total. The van der Waals surface area contributed by atoms with Gasteiger partial charge in [0.15, 0.2) is 0 Å². The van der Waals surface area contributed by atoms with Crippen LogP contribution in [0.3, 0.4) is 0 Å². The molecule has 62 valence electrons. The van der Waals surface area contributed by atoms with Crippen LogP contribution < -0.4 is 0 Å². The molecule has 0 bridgehead atoms. The number of hydrogen-bond donors (Lipinski definition) is 0. The van der Waals surface area contributed by atoms with Gasteiger partial charge in [-0.1, -0.05) is 12.1 Å². The number of benzene rings is 1. The lowest BCUT2D eigenvalue weighted by molar-refractivity contribution is 0.687. The standard InChI is InChI=1S/C10H10OS/c1-7-3-4-9-6-8(2)12(11)10(9)5-7/h3-6H,1-2H3. The quantitative estimate of drug-likeness (QED) is 0.596. The van der Waals surface area contributed by atoms with Gasteiger partial charge < -0.3 is 0 Å². The Balaban J connectivity index is 2.65. The van der Waals surface area contributed by atoms with Crippen molar-refractivity contribution >= 4 is 16.9 Å². The van der Waals surface area contributed by atoms with Gasteiger partial charge in [0.25, 0.3) is 0 Å². The first-order chi connectivity index (χ1) is 5.68. The molecule has 1 aliphatic rings. The van der Waals surface area contributed by atoms with E-state index in [2.05, 4.69) is 0 Å². The molecule has 1 aromatic rings. The van der Waals surface area contributed by atoms with Gasteiger partial charge in [0.2, 0.25) is 0 Å². The summed E-state index contributed by atoms with van der Waals surface area (Å²) in [6.07, 6.45) is 1.99. The molecule has 1 atom stereocenters. The molecule has 0 N–H and O–H groups in total. The fourth-order valence-corrected chi connectivity index (χ4v) is 2.58. The Bertz CT molecular complexity index is 391. The van der Waals surface area contributed by atoms with Gasteiger partial charge in [-0.2, -0.15) is 0 Å². The molecule has 1 aromatic carbocycles. The zero-order valence-electron chi connectivity index (χ0n) is 7.13. The van der Waals surface area contributed by atoms with E-state index < -0.39 is 10.8 Å². The van der Waals surface area contributed by atoms with Crippen LogP contribution in [0.15, 0.2) is 28.0 Å². The summed E-state index contributed by atoms with van der Waals surface area (Å²) in [4.78, 5) is 1.92. The summed E-state index contributed by atoms with van der Waals surface area (Å²) in [5.74, 6) is 0. The predicted molar refractivity (Wildman–Crippen MR) is 51.2 cm³/mol. The van der Waals surface area contributed by atoms with E-state index in [1.54, 1.807) is 0 Å². The summed E-state index contributed by atoms with van der Waals surface area (Å²) in [6.45, 7) is 3.93. The minimum absolute atomic E-state index is 0.892. The van der Waals surface area contributed by atoms with Gasteiger partial charge in [-0.3, -0.25) is 0 Å². The minimum Gasteiger partial charge on any atom is -0.249 e. The summed E-state index contributed by atoms with van der Waals surface area (Å²) in [6, 6.07) is 6.07. The smallest absolute Gasteiger partial charge is 0.0811 e. The predicted octanol–water partition coefficient (Wildman–Crippen LogP) is 2.48. The van der Waals surface area contributed by atoms with Crippen molar-refractivity contribution in [2.45, 2.75) is 18.7 Å². The summed E-state index contributed by atoms with van der Waals surface area (Å²) in [5, 5.41) is 0. The summed E-state index contributed by atoms with van der Waals surface area (Å²) < 4.78 is 11.6. The van der Waals surface area contributed by atoms with Gasteiger partial charge in [0.1, 0.15) is 0 Å². The maximum Gasteiger partial charge on any atom is 0.0811 e. The van der Waals surface area contributed by atoms with Crippen LogP contribution in [0.2, 0.25) is 0 Å². The molecule has 0 fully saturated rings. The average molecular weight is 178 g/mol. The van der Waals surface area contributed by atoms with Crippen LogP contribution in [0.5, 0.6) is 0 Å². The molecule has 0 saturated carbocycles. The zero-order valence-corrected chi connectivity index (χ0v) is 7.94. The third-order valence-electron chi connectivity index (χ3n) is 2.02. The van der Waals surface area contributed by atoms with Crippen LogP contribution in [0.1, 0.15) is 18.1 Å². The highest BCUT2D eigenvalue weighted by molar-refractivity contribution is 7.89. The van der Waals surface area contributed by atoms with E-state index in [4.69, 9.17) is 0 Å². The second kappa shape index (κ2) is 2.56. The van der Waals surface area contributed by atoms with E-state index in [0.717, 1.165) is 15.4 Å². The highest BCUT2D eigenvalue weighted by Crippen LogP contribution is 2.29. The first-order valence-electron chi connectivity index (χ1n) is 3.89. The van der Waals surface area contributed by atoms with E-state index in [9.17, 15) is 4.21 Å². The molecule has 2 heteroatoms. The molecule has 2 rings (SSSR count). The van der Waals surface area contributed by atoms with Crippen molar-refractivity contribution in [3.8, 4) is 0 Å². The SMILES string of the molecule is CC1=Cc2ccc(C)cc2S1=O. The van der Waals surface area contributed by atoms with Crippen LogP contribution in [-0.4, -0.2) is 4.21 Å². The second-order valence-corrected chi connectivity index (χ2v) is 4.69. The van der Waals surface area contributed by atoms with Crippen molar-refractivity contribution in [2.75, 3.05) is 0 Å². The van der Waals surface area contributed by atoms with Crippen molar-refractivity contribution in [1.82, 2.24) is 0 Å². The third kappa shape index (κ3) is 1.03. The van der Waals surface area contributed by atoms with E-state index in [-0.39, 0.29) is 0 Å². The molecule has 1 aliphatic heterocycles. The number of aryl methyl sites for hydroxylation is 1. The lowest BCUT2D eigenvalue weighted by Crippen LogP contribution is -1.88. The Morgan fingerprint density at radius 2 is 2.00 bits per heavy atom. The molecular formula is C10H10OS. The molecule has 0 amide bonds. The first-order valence-corrected chi connectivity index (χ1v) is 5.04. The topological polar surface area (TPSA) is 17.1 Å². The van der Waals surface area contributed by atoms with Crippen LogP contribution >= 0.6 is 0 Å². The van der Waals surface area contributed by atoms with Crippen molar-refractivity contribution in [1.29, 1.82) is 0 Å². The monoisotopic (exact) mass is 178 g/mol. The van der Waals surface area contributed by atoms with Crippen molar-refractivity contribution in [2.24, 2.45) is 0 Å². The van der Waals surface area contributed by atoms with E-state index in [1.807, 2.05) is 38.1 Å². The van der Waals surface area contributed by atoms with Gasteiger partial charge in [-0.15, -0.1) is 0 Å². The minimum atomic E-state index is -0.892. The zero-order chi connectivity index (χ0) is 8.72. The van der Waals surface area contributed by atoms with Crippen LogP contribution in [0.4, 0.5) is 0 Å². The van der Waals surface area contributed by atoms with Crippen LogP contribution in [0, 0.1) is 6.92 Å². The normalized spacial score (nSPS) is 20.5. The van der Waals surface area contributed by atoms with Gasteiger partial charge in [-0.05, 0) is 37.1 Å².